The SMILES string of the molecule is COc1ccc(C(=O)CCCCCC(=O)N[C@H](CN2CC[C@H](OC)C2)[C@@H](O)c2ccc3c(c2)OCCO3)cc1. The molecule has 1 fully saturated rings. The number of likely N-dealkylation sites (tertiary alicyclic amines) is 1. The van der Waals surface area contributed by atoms with Crippen LogP contribution in [0.3, 0.4) is 0 Å². The van der Waals surface area contributed by atoms with Crippen molar-refractivity contribution in [3.05, 3.63) is 53.6 Å². The predicted molar refractivity (Wildman–Crippen MR) is 147 cm³/mol. The third kappa shape index (κ3) is 8.17. The summed E-state index contributed by atoms with van der Waals surface area (Å²) < 4.78 is 21.9. The average Bonchev–Trinajstić information content (AvgIpc) is 3.43. The molecule has 0 aliphatic carbocycles. The van der Waals surface area contributed by atoms with Crippen LogP contribution in [-0.4, -0.2) is 80.9 Å². The molecule has 3 atom stereocenters. The summed E-state index contributed by atoms with van der Waals surface area (Å²) in [5, 5.41) is 14.4. The smallest absolute Gasteiger partial charge is 0.220 e. The summed E-state index contributed by atoms with van der Waals surface area (Å²) in [7, 11) is 3.30. The molecule has 2 aromatic rings. The molecule has 2 aliphatic heterocycles. The Labute approximate surface area is 230 Å². The molecule has 0 aromatic heterocycles. The number of fused-ring (bicyclic) bond motifs is 1. The average molecular weight is 541 g/mol. The molecule has 4 rings (SSSR count). The number of carbonyl (C=O) groups excluding carboxylic acids is 2. The first kappa shape index (κ1) is 28.9. The van der Waals surface area contributed by atoms with Crippen LogP contribution in [0.1, 0.15) is 60.6 Å². The van der Waals surface area contributed by atoms with Gasteiger partial charge in [-0.2, -0.15) is 0 Å². The van der Waals surface area contributed by atoms with E-state index in [1.807, 2.05) is 6.07 Å². The number of hydrogen-bond donors (Lipinski definition) is 2. The highest BCUT2D eigenvalue weighted by Crippen LogP contribution is 2.33. The van der Waals surface area contributed by atoms with E-state index in [-0.39, 0.29) is 17.8 Å². The van der Waals surface area contributed by atoms with Crippen molar-refractivity contribution in [2.45, 2.75) is 56.8 Å². The van der Waals surface area contributed by atoms with E-state index in [1.165, 1.54) is 0 Å². The number of Topliss-reactive ketones (excluding diaryl/α,β-unsaturated/α-hetero) is 1. The fraction of sp³-hybridized carbons (Fsp3) is 0.533. The summed E-state index contributed by atoms with van der Waals surface area (Å²) in [6, 6.07) is 12.0. The third-order valence-electron chi connectivity index (χ3n) is 7.37. The molecule has 0 spiro atoms. The van der Waals surface area contributed by atoms with Crippen LogP contribution in [0.5, 0.6) is 17.2 Å². The number of unbranched alkanes of at least 4 members (excludes halogenated alkanes) is 2. The lowest BCUT2D eigenvalue weighted by molar-refractivity contribution is -0.123. The lowest BCUT2D eigenvalue weighted by Gasteiger charge is -2.29. The van der Waals surface area contributed by atoms with Gasteiger partial charge in [-0.15, -0.1) is 0 Å². The van der Waals surface area contributed by atoms with Gasteiger partial charge in [-0.05, 0) is 61.2 Å². The van der Waals surface area contributed by atoms with Crippen LogP contribution in [0.4, 0.5) is 0 Å². The normalized spacial score (nSPS) is 18.4. The number of aliphatic hydroxyl groups is 1. The highest BCUT2D eigenvalue weighted by Gasteiger charge is 2.30. The number of ether oxygens (including phenoxy) is 4. The molecule has 2 heterocycles. The Morgan fingerprint density at radius 2 is 1.77 bits per heavy atom. The molecule has 39 heavy (non-hydrogen) atoms. The maximum atomic E-state index is 12.9. The maximum absolute atomic E-state index is 12.9. The van der Waals surface area contributed by atoms with Gasteiger partial charge in [-0.1, -0.05) is 12.5 Å². The molecule has 212 valence electrons. The number of ketones is 1. The Hall–Kier alpha value is -3.14. The number of aliphatic hydroxyl groups excluding tert-OH is 1. The summed E-state index contributed by atoms with van der Waals surface area (Å²) in [6.07, 6.45) is 3.11. The van der Waals surface area contributed by atoms with Crippen LogP contribution >= 0.6 is 0 Å². The van der Waals surface area contributed by atoms with E-state index < -0.39 is 12.1 Å². The van der Waals surface area contributed by atoms with Crippen molar-refractivity contribution in [3.8, 4) is 17.2 Å². The zero-order valence-corrected chi connectivity index (χ0v) is 22.9. The Morgan fingerprint density at radius 3 is 2.49 bits per heavy atom. The van der Waals surface area contributed by atoms with Crippen molar-refractivity contribution in [2.75, 3.05) is 47.1 Å². The van der Waals surface area contributed by atoms with Gasteiger partial charge in [0.15, 0.2) is 17.3 Å². The predicted octanol–water partition coefficient (Wildman–Crippen LogP) is 3.54. The number of methoxy groups -OCH3 is 2. The van der Waals surface area contributed by atoms with Gasteiger partial charge in [0, 0.05) is 45.1 Å². The zero-order chi connectivity index (χ0) is 27.6. The number of amides is 1. The summed E-state index contributed by atoms with van der Waals surface area (Å²) in [4.78, 5) is 27.5. The van der Waals surface area contributed by atoms with Crippen LogP contribution in [0, 0.1) is 0 Å². The highest BCUT2D eigenvalue weighted by molar-refractivity contribution is 5.96. The van der Waals surface area contributed by atoms with Crippen molar-refractivity contribution < 1.29 is 33.6 Å². The van der Waals surface area contributed by atoms with E-state index in [4.69, 9.17) is 18.9 Å². The van der Waals surface area contributed by atoms with Crippen LogP contribution < -0.4 is 19.5 Å². The van der Waals surface area contributed by atoms with Gasteiger partial charge in [0.2, 0.25) is 5.91 Å². The molecule has 0 unspecified atom stereocenters. The first-order valence-electron chi connectivity index (χ1n) is 13.8. The lowest BCUT2D eigenvalue weighted by Crippen LogP contribution is -2.47. The zero-order valence-electron chi connectivity index (χ0n) is 22.9. The van der Waals surface area contributed by atoms with Gasteiger partial charge >= 0.3 is 0 Å². The fourth-order valence-corrected chi connectivity index (χ4v) is 5.08. The van der Waals surface area contributed by atoms with E-state index in [0.717, 1.165) is 31.7 Å². The number of nitrogens with one attached hydrogen (secondary N) is 1. The minimum atomic E-state index is -0.909. The van der Waals surface area contributed by atoms with Gasteiger partial charge < -0.3 is 29.4 Å². The van der Waals surface area contributed by atoms with Gasteiger partial charge in [-0.3, -0.25) is 14.5 Å². The monoisotopic (exact) mass is 540 g/mol. The standard InChI is InChI=1S/C30H40N2O7/c1-36-23-11-8-21(9-12-23)26(33)6-4-3-5-7-29(34)31-25(20-32-15-14-24(19-32)37-2)30(35)22-10-13-27-28(18-22)39-17-16-38-27/h8-13,18,24-25,30,35H,3-7,14-17,19-20H2,1-2H3,(H,31,34)/t24-,25+,30-/m0/s1. The van der Waals surface area contributed by atoms with Crippen molar-refractivity contribution >= 4 is 11.7 Å². The first-order valence-corrected chi connectivity index (χ1v) is 13.8. The fourth-order valence-electron chi connectivity index (χ4n) is 5.08. The summed E-state index contributed by atoms with van der Waals surface area (Å²) in [5.74, 6) is 1.96. The molecule has 0 radical (unpaired) electrons. The molecule has 2 aromatic carbocycles. The number of benzene rings is 2. The van der Waals surface area contributed by atoms with Gasteiger partial charge in [-0.25, -0.2) is 0 Å². The minimum absolute atomic E-state index is 0.0877. The van der Waals surface area contributed by atoms with Crippen molar-refractivity contribution in [3.63, 3.8) is 0 Å². The van der Waals surface area contributed by atoms with Crippen LogP contribution in [0.25, 0.3) is 0 Å². The topological polar surface area (TPSA) is 107 Å². The maximum Gasteiger partial charge on any atom is 0.220 e. The Balaban J connectivity index is 1.28. The third-order valence-corrected chi connectivity index (χ3v) is 7.37. The molecular weight excluding hydrogens is 500 g/mol. The Bertz CT molecular complexity index is 1090. The lowest BCUT2D eigenvalue weighted by atomic mass is 10.00. The molecular formula is C30H40N2O7. The van der Waals surface area contributed by atoms with Gasteiger partial charge in [0.05, 0.1) is 19.3 Å². The molecule has 1 amide bonds. The van der Waals surface area contributed by atoms with Crippen LogP contribution in [-0.2, 0) is 9.53 Å². The van der Waals surface area contributed by atoms with Crippen molar-refractivity contribution in [1.82, 2.24) is 10.2 Å². The highest BCUT2D eigenvalue weighted by atomic mass is 16.6. The van der Waals surface area contributed by atoms with Gasteiger partial charge in [0.25, 0.3) is 0 Å². The summed E-state index contributed by atoms with van der Waals surface area (Å²) in [5.41, 5.74) is 1.34. The minimum Gasteiger partial charge on any atom is -0.497 e. The molecule has 0 bridgehead atoms. The molecule has 1 saturated heterocycles. The molecule has 9 nitrogen and oxygen atoms in total. The second-order valence-corrected chi connectivity index (χ2v) is 10.1. The number of nitrogens with zero attached hydrogens (tertiary/aromatic N) is 1. The van der Waals surface area contributed by atoms with Crippen molar-refractivity contribution in [1.29, 1.82) is 0 Å². The van der Waals surface area contributed by atoms with E-state index in [0.29, 0.717) is 68.1 Å². The molecule has 2 aliphatic rings. The van der Waals surface area contributed by atoms with E-state index >= 15 is 0 Å². The quantitative estimate of drug-likeness (QED) is 0.277. The van der Waals surface area contributed by atoms with E-state index in [2.05, 4.69) is 10.2 Å². The molecule has 9 heteroatoms. The van der Waals surface area contributed by atoms with Crippen LogP contribution in [0.2, 0.25) is 0 Å². The number of rotatable bonds is 14. The Morgan fingerprint density at radius 1 is 1.03 bits per heavy atom. The van der Waals surface area contributed by atoms with E-state index in [1.54, 1.807) is 50.6 Å². The van der Waals surface area contributed by atoms with Crippen LogP contribution in [0.15, 0.2) is 42.5 Å². The Kier molecular flexibility index (Phi) is 10.6. The van der Waals surface area contributed by atoms with Gasteiger partial charge in [0.1, 0.15) is 25.1 Å². The first-order chi connectivity index (χ1) is 19.0. The second-order valence-electron chi connectivity index (χ2n) is 10.1. The molecule has 2 N–H and O–H groups in total. The number of hydrogen-bond acceptors (Lipinski definition) is 8. The summed E-state index contributed by atoms with van der Waals surface area (Å²) >= 11 is 0. The molecule has 0 saturated carbocycles. The van der Waals surface area contributed by atoms with Crippen molar-refractivity contribution in [2.24, 2.45) is 0 Å². The van der Waals surface area contributed by atoms with E-state index in [9.17, 15) is 14.7 Å². The largest absolute Gasteiger partial charge is 0.497 e. The second kappa shape index (κ2) is 14.3. The summed E-state index contributed by atoms with van der Waals surface area (Å²) in [6.45, 7) is 3.08. The number of carbonyl (C=O) groups is 2.